The lowest BCUT2D eigenvalue weighted by molar-refractivity contribution is -0.380. The summed E-state index contributed by atoms with van der Waals surface area (Å²) in [6, 6.07) is 8.53. The van der Waals surface area contributed by atoms with Crippen LogP contribution in [0.3, 0.4) is 0 Å². The first-order valence-electron chi connectivity index (χ1n) is 5.68. The summed E-state index contributed by atoms with van der Waals surface area (Å²) in [6.45, 7) is 0.975. The number of amidine groups is 1. The number of hydrogen-bond donors (Lipinski definition) is 1. The van der Waals surface area contributed by atoms with Gasteiger partial charge < -0.3 is 17.3 Å². The van der Waals surface area contributed by atoms with Gasteiger partial charge in [-0.05, 0) is 18.4 Å². The summed E-state index contributed by atoms with van der Waals surface area (Å²) >= 11 is 3.58. The second-order valence-electron chi connectivity index (χ2n) is 3.88. The molecule has 0 saturated heterocycles. The summed E-state index contributed by atoms with van der Waals surface area (Å²) < 4.78 is 39.0. The monoisotopic (exact) mass is 322 g/mol. The summed E-state index contributed by atoms with van der Waals surface area (Å²) in [5.74, 6) is 0. The molecule has 0 fully saturated rings. The number of para-hydroxylation sites is 1. The Balaban J connectivity index is 0.000000257. The van der Waals surface area contributed by atoms with E-state index in [-0.39, 0.29) is 0 Å². The highest BCUT2D eigenvalue weighted by Gasteiger charge is 2.35. The Hall–Kier alpha value is -1.09. The van der Waals surface area contributed by atoms with Gasteiger partial charge in [0.25, 0.3) is 0 Å². The number of fused-ring (bicyclic) bond motifs is 3. The average Bonchev–Trinajstić information content (AvgIpc) is 2.74. The molecule has 0 aliphatic carbocycles. The first-order valence-corrected chi connectivity index (χ1v) is 7.72. The largest absolute Gasteiger partial charge is 0.673 e. The van der Waals surface area contributed by atoms with Crippen LogP contribution < -0.4 is 9.89 Å². The minimum Gasteiger partial charge on any atom is -0.418 e. The van der Waals surface area contributed by atoms with Crippen molar-refractivity contribution in [1.29, 1.82) is 0 Å². The Morgan fingerprint density at radius 1 is 1.25 bits per heavy atom. The van der Waals surface area contributed by atoms with Crippen molar-refractivity contribution in [3.8, 4) is 0 Å². The molecular weight excluding hydrogens is 311 g/mol. The summed E-state index contributed by atoms with van der Waals surface area (Å²) in [6.07, 6.45) is 4.33. The van der Waals surface area contributed by atoms with E-state index in [1.807, 2.05) is 11.8 Å². The van der Waals surface area contributed by atoms with Crippen molar-refractivity contribution in [2.75, 3.05) is 17.7 Å². The van der Waals surface area contributed by atoms with Gasteiger partial charge in [-0.2, -0.15) is 0 Å². The number of rotatable bonds is 1. The molecule has 0 atom stereocenters. The minimum absolute atomic E-state index is 0.975. The third kappa shape index (κ3) is 3.95. The molecule has 1 N–H and O–H groups in total. The molecule has 2 aliphatic rings. The Kier molecular flexibility index (Phi) is 4.69. The minimum atomic E-state index is -6.00. The molecule has 2 aliphatic heterocycles. The van der Waals surface area contributed by atoms with Crippen LogP contribution in [-0.2, 0) is 0 Å². The predicted octanol–water partition coefficient (Wildman–Crippen LogP) is 2.55. The fourth-order valence-corrected chi connectivity index (χ4v) is 3.36. The lowest BCUT2D eigenvalue weighted by Gasteiger charge is -2.13. The quantitative estimate of drug-likeness (QED) is 0.633. The smallest absolute Gasteiger partial charge is 0.418 e. The van der Waals surface area contributed by atoms with Gasteiger partial charge in [-0.25, -0.2) is 9.89 Å². The van der Waals surface area contributed by atoms with E-state index >= 15 is 0 Å². The predicted molar refractivity (Wildman–Crippen MR) is 77.4 cm³/mol. The van der Waals surface area contributed by atoms with E-state index in [9.17, 15) is 17.3 Å². The van der Waals surface area contributed by atoms with Crippen molar-refractivity contribution in [3.05, 3.63) is 35.4 Å². The van der Waals surface area contributed by atoms with E-state index in [4.69, 9.17) is 0 Å². The van der Waals surface area contributed by atoms with Crippen molar-refractivity contribution >= 4 is 41.6 Å². The van der Waals surface area contributed by atoms with Crippen LogP contribution in [0.5, 0.6) is 0 Å². The molecule has 0 radical (unpaired) electrons. The van der Waals surface area contributed by atoms with Crippen LogP contribution in [0.25, 0.3) is 0 Å². The lowest BCUT2D eigenvalue weighted by Crippen LogP contribution is -2.74. The highest BCUT2D eigenvalue weighted by Crippen LogP contribution is 2.38. The van der Waals surface area contributed by atoms with E-state index in [1.165, 1.54) is 20.8 Å². The maximum Gasteiger partial charge on any atom is 0.673 e. The zero-order chi connectivity index (χ0) is 14.8. The van der Waals surface area contributed by atoms with Gasteiger partial charge in [0.15, 0.2) is 5.03 Å². The normalized spacial score (nSPS) is 16.6. The van der Waals surface area contributed by atoms with Gasteiger partial charge in [-0.3, -0.25) is 0 Å². The molecule has 1 aromatic rings. The van der Waals surface area contributed by atoms with E-state index in [0.717, 1.165) is 6.54 Å². The molecule has 9 heteroatoms. The number of benzene rings is 1. The highest BCUT2D eigenvalue weighted by atomic mass is 32.2. The molecule has 2 heterocycles. The molecule has 108 valence electrons. The zero-order valence-electron chi connectivity index (χ0n) is 10.4. The van der Waals surface area contributed by atoms with Gasteiger partial charge >= 0.3 is 12.4 Å². The number of anilines is 1. The van der Waals surface area contributed by atoms with Crippen molar-refractivity contribution < 1.29 is 22.3 Å². The van der Waals surface area contributed by atoms with Crippen LogP contribution in [0.2, 0.25) is 0 Å². The average molecular weight is 322 g/mol. The summed E-state index contributed by atoms with van der Waals surface area (Å²) in [5, 5.41) is 2.49. The number of hydrogen-bond acceptors (Lipinski definition) is 3. The molecule has 3 rings (SSSR count). The van der Waals surface area contributed by atoms with E-state index in [1.54, 1.807) is 11.8 Å². The molecule has 2 nitrogen and oxygen atoms in total. The van der Waals surface area contributed by atoms with Crippen LogP contribution >= 0.6 is 23.5 Å². The molecule has 0 aromatic heterocycles. The first-order chi connectivity index (χ1) is 9.38. The van der Waals surface area contributed by atoms with Crippen molar-refractivity contribution in [2.24, 2.45) is 0 Å². The van der Waals surface area contributed by atoms with Crippen molar-refractivity contribution in [2.45, 2.75) is 4.90 Å². The maximum atomic E-state index is 9.75. The standard InChI is InChI=1S/C11H10N2S2.BF4/c1-14-10-6-7-13-8-4-2-3-5-9(8)15-11(13)12-10;2-1(3,4)5/h2-6H,7H2,1H3;/q;-1/p+1. The SMILES string of the molecule is CSC1=CCN2C(=[NH+]1)Sc1ccccc12.F[B-](F)(F)F. The molecular formula is C11H11BF4N2S2. The fraction of sp³-hybridized carbons (Fsp3) is 0.182. The molecule has 0 saturated carbocycles. The number of nitrogens with one attached hydrogen (secondary N) is 1. The fourth-order valence-electron chi connectivity index (χ4n) is 1.77. The van der Waals surface area contributed by atoms with E-state index in [2.05, 4.69) is 46.5 Å². The van der Waals surface area contributed by atoms with Gasteiger partial charge in [0.2, 0.25) is 0 Å². The van der Waals surface area contributed by atoms with Gasteiger partial charge in [0.1, 0.15) is 12.2 Å². The molecule has 0 spiro atoms. The maximum absolute atomic E-state index is 9.75. The molecule has 0 amide bonds. The number of nitrogens with zero attached hydrogens (tertiary/aromatic N) is 1. The van der Waals surface area contributed by atoms with Crippen LogP contribution in [0, 0.1) is 0 Å². The van der Waals surface area contributed by atoms with Crippen LogP contribution in [-0.4, -0.2) is 25.2 Å². The topological polar surface area (TPSA) is 17.2 Å². The number of thioether (sulfide) groups is 2. The first kappa shape index (κ1) is 15.3. The lowest BCUT2D eigenvalue weighted by atomic mass is 10.3. The summed E-state index contributed by atoms with van der Waals surface area (Å²) in [7, 11) is -6.00. The van der Waals surface area contributed by atoms with Gasteiger partial charge in [0.05, 0.1) is 4.90 Å². The molecule has 0 bridgehead atoms. The summed E-state index contributed by atoms with van der Waals surface area (Å²) in [5.41, 5.74) is 1.32. The van der Waals surface area contributed by atoms with Gasteiger partial charge in [0, 0.05) is 17.8 Å². The Bertz CT molecular complexity index is 554. The zero-order valence-corrected chi connectivity index (χ0v) is 12.1. The third-order valence-electron chi connectivity index (χ3n) is 2.52. The Labute approximate surface area is 122 Å². The molecule has 20 heavy (non-hydrogen) atoms. The van der Waals surface area contributed by atoms with Crippen LogP contribution in [0.4, 0.5) is 23.0 Å². The molecule has 1 aromatic carbocycles. The van der Waals surface area contributed by atoms with Crippen molar-refractivity contribution in [3.63, 3.8) is 0 Å². The number of halogens is 4. The van der Waals surface area contributed by atoms with Crippen LogP contribution in [0.15, 0.2) is 40.3 Å². The highest BCUT2D eigenvalue weighted by molar-refractivity contribution is 8.14. The van der Waals surface area contributed by atoms with E-state index in [0.29, 0.717) is 0 Å². The second kappa shape index (κ2) is 6.13. The van der Waals surface area contributed by atoms with Crippen molar-refractivity contribution in [1.82, 2.24) is 0 Å². The van der Waals surface area contributed by atoms with Gasteiger partial charge in [-0.1, -0.05) is 23.9 Å². The third-order valence-corrected chi connectivity index (χ3v) is 4.31. The Morgan fingerprint density at radius 2 is 1.90 bits per heavy atom. The molecule has 0 unspecified atom stereocenters. The van der Waals surface area contributed by atoms with Crippen LogP contribution in [0.1, 0.15) is 0 Å². The van der Waals surface area contributed by atoms with E-state index < -0.39 is 7.25 Å². The van der Waals surface area contributed by atoms with Gasteiger partial charge in [-0.15, -0.1) is 0 Å². The summed E-state index contributed by atoms with van der Waals surface area (Å²) in [4.78, 5) is 7.10. The Morgan fingerprint density at radius 3 is 2.55 bits per heavy atom. The second-order valence-corrected chi connectivity index (χ2v) is 5.76.